The molecule has 0 aliphatic carbocycles. The quantitative estimate of drug-likeness (QED) is 0.147. The van der Waals surface area contributed by atoms with Crippen LogP contribution < -0.4 is 9.47 Å². The first-order valence-electron chi connectivity index (χ1n) is 12.5. The molecule has 1 N–H and O–H groups in total. The van der Waals surface area contributed by atoms with Gasteiger partial charge in [0.05, 0.1) is 59.3 Å². The van der Waals surface area contributed by atoms with Crippen LogP contribution in [0, 0.1) is 5.41 Å². The monoisotopic (exact) mass is 518 g/mol. The van der Waals surface area contributed by atoms with Crippen molar-refractivity contribution in [2.24, 2.45) is 5.41 Å². The third-order valence-electron chi connectivity index (χ3n) is 6.39. The molecule has 3 rings (SSSR count). The molecule has 0 aromatic heterocycles. The van der Waals surface area contributed by atoms with E-state index in [0.717, 1.165) is 28.2 Å². The van der Waals surface area contributed by atoms with Crippen molar-refractivity contribution in [3.8, 4) is 11.5 Å². The standard InChI is InChI=1S/C32H38O6/c1-5-20-36-23-31(22-33,24-37-21-6-2)25-38-32(26-10-8-7-9-11-26,27-12-16-29(34-3)17-13-27)28-14-18-30(35-4)19-15-28/h5-19,33H,1-2,20-25H2,3-4H3. The van der Waals surface area contributed by atoms with E-state index in [1.54, 1.807) is 26.4 Å². The van der Waals surface area contributed by atoms with Gasteiger partial charge in [0, 0.05) is 0 Å². The van der Waals surface area contributed by atoms with E-state index in [4.69, 9.17) is 23.7 Å². The minimum absolute atomic E-state index is 0.144. The summed E-state index contributed by atoms with van der Waals surface area (Å²) in [4.78, 5) is 0. The van der Waals surface area contributed by atoms with Crippen molar-refractivity contribution in [3.05, 3.63) is 121 Å². The van der Waals surface area contributed by atoms with Gasteiger partial charge in [0.15, 0.2) is 0 Å². The molecule has 0 amide bonds. The third-order valence-corrected chi connectivity index (χ3v) is 6.39. The Hall–Kier alpha value is -3.42. The topological polar surface area (TPSA) is 66.4 Å². The number of hydrogen-bond donors (Lipinski definition) is 1. The lowest BCUT2D eigenvalue weighted by Crippen LogP contribution is -2.45. The molecule has 6 heteroatoms. The van der Waals surface area contributed by atoms with Crippen molar-refractivity contribution in [1.29, 1.82) is 0 Å². The van der Waals surface area contributed by atoms with E-state index in [2.05, 4.69) is 13.2 Å². The molecule has 0 aliphatic heterocycles. The number of hydrogen-bond acceptors (Lipinski definition) is 6. The van der Waals surface area contributed by atoms with Crippen molar-refractivity contribution in [1.82, 2.24) is 0 Å². The van der Waals surface area contributed by atoms with Gasteiger partial charge in [-0.15, -0.1) is 13.2 Å². The highest BCUT2D eigenvalue weighted by Crippen LogP contribution is 2.43. The summed E-state index contributed by atoms with van der Waals surface area (Å²) in [5.74, 6) is 1.48. The van der Waals surface area contributed by atoms with Crippen LogP contribution in [0.15, 0.2) is 104 Å². The highest BCUT2D eigenvalue weighted by molar-refractivity contribution is 5.49. The molecule has 0 saturated heterocycles. The van der Waals surface area contributed by atoms with Crippen molar-refractivity contribution >= 4 is 0 Å². The molecular formula is C32H38O6. The number of methoxy groups -OCH3 is 2. The van der Waals surface area contributed by atoms with Crippen LogP contribution in [0.1, 0.15) is 16.7 Å². The summed E-state index contributed by atoms with van der Waals surface area (Å²) in [5, 5.41) is 10.6. The van der Waals surface area contributed by atoms with Crippen LogP contribution in [0.3, 0.4) is 0 Å². The zero-order valence-corrected chi connectivity index (χ0v) is 22.3. The van der Waals surface area contributed by atoms with Crippen LogP contribution >= 0.6 is 0 Å². The molecule has 3 aromatic rings. The summed E-state index contributed by atoms with van der Waals surface area (Å²) in [6.45, 7) is 8.56. The maximum atomic E-state index is 10.6. The van der Waals surface area contributed by atoms with E-state index < -0.39 is 11.0 Å². The van der Waals surface area contributed by atoms with Crippen LogP contribution in [0.4, 0.5) is 0 Å². The fraction of sp³-hybridized carbons (Fsp3) is 0.312. The number of aliphatic hydroxyl groups is 1. The predicted molar refractivity (Wildman–Crippen MR) is 150 cm³/mol. The maximum Gasteiger partial charge on any atom is 0.143 e. The van der Waals surface area contributed by atoms with Gasteiger partial charge in [-0.2, -0.15) is 0 Å². The minimum Gasteiger partial charge on any atom is -0.497 e. The Labute approximate surface area is 226 Å². The predicted octanol–water partition coefficient (Wildman–Crippen LogP) is 5.40. The van der Waals surface area contributed by atoms with Gasteiger partial charge in [-0.1, -0.05) is 66.7 Å². The van der Waals surface area contributed by atoms with E-state index in [9.17, 15) is 5.11 Å². The van der Waals surface area contributed by atoms with Crippen LogP contribution in [-0.4, -0.2) is 59.0 Å². The van der Waals surface area contributed by atoms with E-state index >= 15 is 0 Å². The number of benzene rings is 3. The van der Waals surface area contributed by atoms with Gasteiger partial charge in [-0.05, 0) is 41.0 Å². The largest absolute Gasteiger partial charge is 0.497 e. The highest BCUT2D eigenvalue weighted by Gasteiger charge is 2.41. The van der Waals surface area contributed by atoms with Crippen molar-refractivity contribution < 1.29 is 28.8 Å². The lowest BCUT2D eigenvalue weighted by Gasteiger charge is -2.40. The summed E-state index contributed by atoms with van der Waals surface area (Å²) < 4.78 is 29.5. The molecule has 6 nitrogen and oxygen atoms in total. The fourth-order valence-electron chi connectivity index (χ4n) is 4.32. The third kappa shape index (κ3) is 6.91. The van der Waals surface area contributed by atoms with E-state index in [-0.39, 0.29) is 26.4 Å². The van der Waals surface area contributed by atoms with E-state index in [1.807, 2.05) is 78.9 Å². The van der Waals surface area contributed by atoms with E-state index in [0.29, 0.717) is 13.2 Å². The summed E-state index contributed by atoms with van der Waals surface area (Å²) in [5.41, 5.74) is 0.893. The molecule has 0 saturated carbocycles. The van der Waals surface area contributed by atoms with Crippen LogP contribution in [0.2, 0.25) is 0 Å². The second-order valence-corrected chi connectivity index (χ2v) is 9.06. The summed E-state index contributed by atoms with van der Waals surface area (Å²) in [7, 11) is 3.28. The van der Waals surface area contributed by atoms with Gasteiger partial charge in [0.1, 0.15) is 17.1 Å². The Bertz CT molecular complexity index is 1050. The molecule has 0 radical (unpaired) electrons. The smallest absolute Gasteiger partial charge is 0.143 e. The second kappa shape index (κ2) is 14.5. The molecule has 0 aliphatic rings. The van der Waals surface area contributed by atoms with Crippen molar-refractivity contribution in [2.75, 3.05) is 53.9 Å². The Morgan fingerprint density at radius 3 is 1.50 bits per heavy atom. The average molecular weight is 519 g/mol. The molecule has 38 heavy (non-hydrogen) atoms. The zero-order chi connectivity index (χ0) is 27.3. The molecule has 0 spiro atoms. The van der Waals surface area contributed by atoms with Crippen molar-refractivity contribution in [2.45, 2.75) is 5.60 Å². The minimum atomic E-state index is -1.02. The van der Waals surface area contributed by atoms with Gasteiger partial charge in [0.2, 0.25) is 0 Å². The Kier molecular flexibility index (Phi) is 11.1. The molecule has 202 valence electrons. The second-order valence-electron chi connectivity index (χ2n) is 9.06. The first-order chi connectivity index (χ1) is 18.6. The Balaban J connectivity index is 2.15. The molecule has 0 unspecified atom stereocenters. The average Bonchev–Trinajstić information content (AvgIpc) is 2.98. The SMILES string of the molecule is C=CCOCC(CO)(COCC=C)COC(c1ccccc1)(c1ccc(OC)cc1)c1ccc(OC)cc1. The number of rotatable bonds is 17. The van der Waals surface area contributed by atoms with Crippen molar-refractivity contribution in [3.63, 3.8) is 0 Å². The molecular weight excluding hydrogens is 480 g/mol. The van der Waals surface area contributed by atoms with Crippen LogP contribution in [0.5, 0.6) is 11.5 Å². The lowest BCUT2D eigenvalue weighted by atomic mass is 9.79. The summed E-state index contributed by atoms with van der Waals surface area (Å²) in [6, 6.07) is 25.7. The number of ether oxygens (including phenoxy) is 5. The highest BCUT2D eigenvalue weighted by atomic mass is 16.5. The normalized spacial score (nSPS) is 11.7. The lowest BCUT2D eigenvalue weighted by molar-refractivity contribution is -0.115. The molecule has 0 fully saturated rings. The first-order valence-corrected chi connectivity index (χ1v) is 12.5. The van der Waals surface area contributed by atoms with Gasteiger partial charge < -0.3 is 28.8 Å². The Morgan fingerprint density at radius 2 is 1.11 bits per heavy atom. The van der Waals surface area contributed by atoms with Gasteiger partial charge in [-0.3, -0.25) is 0 Å². The Morgan fingerprint density at radius 1 is 0.658 bits per heavy atom. The molecule has 0 bridgehead atoms. The molecule has 0 heterocycles. The maximum absolute atomic E-state index is 10.6. The van der Waals surface area contributed by atoms with Gasteiger partial charge in [0.25, 0.3) is 0 Å². The van der Waals surface area contributed by atoms with Gasteiger partial charge >= 0.3 is 0 Å². The van der Waals surface area contributed by atoms with Gasteiger partial charge in [-0.25, -0.2) is 0 Å². The number of aliphatic hydroxyl groups excluding tert-OH is 1. The zero-order valence-electron chi connectivity index (χ0n) is 22.3. The van der Waals surface area contributed by atoms with E-state index in [1.165, 1.54) is 0 Å². The summed E-state index contributed by atoms with van der Waals surface area (Å²) in [6.07, 6.45) is 3.35. The van der Waals surface area contributed by atoms with Crippen LogP contribution in [0.25, 0.3) is 0 Å². The molecule has 0 atom stereocenters. The fourth-order valence-corrected chi connectivity index (χ4v) is 4.32. The first kappa shape index (κ1) is 29.1. The van der Waals surface area contributed by atoms with Crippen LogP contribution in [-0.2, 0) is 19.8 Å². The summed E-state index contributed by atoms with van der Waals surface area (Å²) >= 11 is 0. The molecule has 3 aromatic carbocycles.